The van der Waals surface area contributed by atoms with Gasteiger partial charge in [-0.05, 0) is 76.9 Å². The molecule has 13 amide bonds. The number of carbonyl (C=O) groups is 16. The lowest BCUT2D eigenvalue weighted by atomic mass is 9.99. The Labute approximate surface area is 774 Å². The van der Waals surface area contributed by atoms with Crippen LogP contribution in [0.15, 0.2) is 128 Å². The zero-order chi connectivity index (χ0) is 98.3. The number of carbonyl (C=O) groups excluding carboxylic acids is 14. The van der Waals surface area contributed by atoms with Crippen molar-refractivity contribution in [3.05, 3.63) is 173 Å². The van der Waals surface area contributed by atoms with Gasteiger partial charge in [0, 0.05) is 109 Å². The number of aromatic hydroxyl groups is 1. The van der Waals surface area contributed by atoms with Crippen LogP contribution in [0.3, 0.4) is 0 Å². The molecule has 0 saturated carbocycles. The Kier molecular flexibility index (Phi) is 40.8. The first-order valence-corrected chi connectivity index (χ1v) is 44.7. The number of nitrogens with two attached hydrogens (primary N) is 2. The number of aliphatic carboxylic acids is 2. The smallest absolute Gasteiger partial charge is 0.305 e. The number of thioether (sulfide) groups is 1. The van der Waals surface area contributed by atoms with Gasteiger partial charge in [0.1, 0.15) is 72.5 Å². The fourth-order valence-electron chi connectivity index (χ4n) is 15.6. The third-order valence-electron chi connectivity index (χ3n) is 22.9. The van der Waals surface area contributed by atoms with Crippen LogP contribution >= 0.6 is 11.8 Å². The van der Waals surface area contributed by atoms with E-state index in [0.29, 0.717) is 58.1 Å². The number of halogens is 3. The van der Waals surface area contributed by atoms with Crippen LogP contribution in [0.2, 0.25) is 0 Å². The van der Waals surface area contributed by atoms with E-state index < -0.39 is 268 Å². The van der Waals surface area contributed by atoms with Crippen molar-refractivity contribution >= 4 is 118 Å². The fraction of sp³-hybridized carbons (Fsp3) is 0.473. The van der Waals surface area contributed by atoms with Gasteiger partial charge in [0.25, 0.3) is 0 Å². The molecule has 0 spiro atoms. The Morgan fingerprint density at radius 1 is 0.582 bits per heavy atom. The van der Waals surface area contributed by atoms with Gasteiger partial charge in [0.05, 0.1) is 68.8 Å². The van der Waals surface area contributed by atoms with E-state index in [1.807, 2.05) is 0 Å². The average molecular weight is 1890 g/mol. The van der Waals surface area contributed by atoms with Crippen molar-refractivity contribution in [3.8, 4) is 5.75 Å². The highest BCUT2D eigenvalue weighted by atomic mass is 32.2. The van der Waals surface area contributed by atoms with Crippen molar-refractivity contribution in [1.29, 1.82) is 0 Å². The SMILES string of the molecule is CCCC[C@@H](C(=O)N1C[C@H](O)C[C@@H]1C(=O)N[C@H](C=O)CC(=O)O)N(C)C(=O)[C@H](Cc1ccccc1)N(C)C(=O)[C@H](Cc1cc(F)c(F)c(F)c1)NC(=O)CSC[C@@H](COCNCC(N)=O)NC(=O)[C@H](CCO)NC(=O)[C@H](Cc1ccc(O)cc1)NC(=O)[C@H](Cc1c[nH]c2ccccc12)NC(=O)[C@H]1C[C@@H](O)CN1C(=O)[C@H](CC(=O)O)NC(=O)[C@H](Cc1ccccc1)N(C)C(=O)[C@@H](N)C(C)C. The van der Waals surface area contributed by atoms with Crippen molar-refractivity contribution in [1.82, 2.24) is 72.0 Å². The molecule has 2 aliphatic heterocycles. The number of likely N-dealkylation sites (tertiary alicyclic amines) is 2. The number of nitrogens with zero attached hydrogens (tertiary/aromatic N) is 5. The van der Waals surface area contributed by atoms with Crippen LogP contribution in [0.1, 0.15) is 100.0 Å². The first-order valence-electron chi connectivity index (χ1n) is 43.5. The van der Waals surface area contributed by atoms with Crippen LogP contribution in [0.25, 0.3) is 10.9 Å². The number of aliphatic hydroxyl groups is 3. The molecule has 0 bridgehead atoms. The maximum absolute atomic E-state index is 15.4. The average Bonchev–Trinajstić information content (AvgIpc) is 1.69. The largest absolute Gasteiger partial charge is 0.508 e. The molecule has 15 atom stereocenters. The minimum Gasteiger partial charge on any atom is -0.508 e. The topological polar surface area (TPSA) is 584 Å². The summed E-state index contributed by atoms with van der Waals surface area (Å²) in [7, 11) is 3.78. The monoisotopic (exact) mass is 1890 g/mol. The number of fused-ring (bicyclic) bond motifs is 1. The van der Waals surface area contributed by atoms with Gasteiger partial charge >= 0.3 is 11.9 Å². The van der Waals surface area contributed by atoms with Crippen LogP contribution in [0.5, 0.6) is 5.75 Å². The number of ether oxygens (including phenoxy) is 1. The Morgan fingerprint density at radius 2 is 1.10 bits per heavy atom. The molecular weight excluding hydrogens is 1770 g/mol. The van der Waals surface area contributed by atoms with E-state index in [0.717, 1.165) is 36.3 Å². The minimum absolute atomic E-state index is 0.0447. The second-order valence-electron chi connectivity index (χ2n) is 33.4. The van der Waals surface area contributed by atoms with E-state index in [2.05, 4.69) is 47.5 Å². The minimum atomic E-state index is -1.93. The first kappa shape index (κ1) is 106. The number of hydrogen-bond acceptors (Lipinski definition) is 24. The van der Waals surface area contributed by atoms with Gasteiger partial charge in [0.15, 0.2) is 17.5 Å². The summed E-state index contributed by atoms with van der Waals surface area (Å²) in [5.74, 6) is -22.2. The first-order chi connectivity index (χ1) is 63.7. The molecule has 134 heavy (non-hydrogen) atoms. The second-order valence-corrected chi connectivity index (χ2v) is 34.5. The summed E-state index contributed by atoms with van der Waals surface area (Å²) >= 11 is 0.794. The Hall–Kier alpha value is -12.9. The number of β-amino-alcohol motifs (C(OH)–C–C–N with tert-alkyl or cyclic N) is 2. The number of H-pyrrole nitrogens is 1. The lowest BCUT2D eigenvalue weighted by Crippen LogP contribution is -2.61. The van der Waals surface area contributed by atoms with E-state index in [9.17, 15) is 87.8 Å². The number of phenolic OH excluding ortho intramolecular Hbond substituents is 1. The normalized spacial score (nSPS) is 17.2. The number of aromatic nitrogens is 1. The molecule has 6 aromatic rings. The zero-order valence-corrected chi connectivity index (χ0v) is 75.7. The van der Waals surface area contributed by atoms with Crippen LogP contribution in [0, 0.1) is 23.4 Å². The number of likely N-dealkylation sites (N-methyl/N-ethyl adjacent to an activating group) is 3. The highest BCUT2D eigenvalue weighted by Gasteiger charge is 2.48. The molecule has 3 heterocycles. The molecule has 19 N–H and O–H groups in total. The Balaban J connectivity index is 1.04. The number of benzene rings is 5. The molecule has 0 aliphatic carbocycles. The summed E-state index contributed by atoms with van der Waals surface area (Å²) in [5, 5.41) is 83.8. The van der Waals surface area contributed by atoms with Gasteiger partial charge in [-0.3, -0.25) is 77.2 Å². The van der Waals surface area contributed by atoms with E-state index >= 15 is 32.8 Å². The number of aliphatic hydroxyl groups excluding tert-OH is 3. The lowest BCUT2D eigenvalue weighted by Gasteiger charge is -2.37. The lowest BCUT2D eigenvalue weighted by molar-refractivity contribution is -0.152. The fourth-order valence-corrected chi connectivity index (χ4v) is 16.5. The third kappa shape index (κ3) is 30.8. The third-order valence-corrected chi connectivity index (χ3v) is 24.0. The van der Waals surface area contributed by atoms with Crippen molar-refractivity contribution < 1.29 is 125 Å². The summed E-state index contributed by atoms with van der Waals surface area (Å²) in [6.45, 7) is 2.20. The molecule has 8 rings (SSSR count). The number of phenols is 1. The number of nitrogens with one attached hydrogen (secondary N) is 9. The molecule has 2 fully saturated rings. The quantitative estimate of drug-likeness (QED) is 0.00951. The molecule has 726 valence electrons. The Bertz CT molecular complexity index is 5080. The maximum atomic E-state index is 15.4. The summed E-state index contributed by atoms with van der Waals surface area (Å²) in [6.07, 6.45) is -5.36. The molecular formula is C91H117F3N16O23S. The number of primary amides is 1. The number of hydrogen-bond donors (Lipinski definition) is 17. The summed E-state index contributed by atoms with van der Waals surface area (Å²) in [6, 6.07) is 9.89. The van der Waals surface area contributed by atoms with E-state index in [1.165, 1.54) is 45.4 Å². The van der Waals surface area contributed by atoms with Crippen molar-refractivity contribution in [2.24, 2.45) is 17.4 Å². The molecule has 39 nitrogen and oxygen atoms in total. The zero-order valence-electron chi connectivity index (χ0n) is 74.8. The predicted octanol–water partition coefficient (Wildman–Crippen LogP) is -0.911. The van der Waals surface area contributed by atoms with Gasteiger partial charge in [-0.2, -0.15) is 0 Å². The molecule has 5 aromatic carbocycles. The number of rotatable bonds is 52. The van der Waals surface area contributed by atoms with E-state index in [-0.39, 0.29) is 74.6 Å². The molecule has 1 aromatic heterocycles. The van der Waals surface area contributed by atoms with Gasteiger partial charge in [-0.25, -0.2) is 13.2 Å². The van der Waals surface area contributed by atoms with Crippen LogP contribution in [0.4, 0.5) is 13.2 Å². The molecule has 2 aliphatic rings. The number of carboxylic acid groups (broad SMARTS) is 2. The standard InChI is InChI=1S/C91H117F3N16O23S/c1-7-8-23-70(90(131)110-44-60(115)38-72(110)85(126)99-56(45-112)37-77(118)119)106(4)89(130)74(35-52-19-13-10-14-20-52)108(6)87(128)68(33-54-30-62(92)79(94)63(93)31-54)101-76(117)48-134-47-57(46-133-49-97-42-75(95)116)100-81(122)65(28-29-111)102-82(123)66(32-53-24-26-58(113)27-25-53)103-83(124)67(36-55-41-98-64-22-16-15-21-61(55)64)104-86(127)73-39-59(114)43-109(73)88(129)69(40-78(120)121)105-84(125)71(34-51-17-11-9-12-18-51)107(5)91(132)80(96)50(2)3/h9-22,24-27,30-31,41,45,50,56-57,59-60,65-74,80,97-98,111,113-115H,7-8,23,28-29,32-40,42-44,46-49,96H2,1-6H3,(H2,95,116)(H,99,126)(H,100,122)(H,101,117)(H,102,123)(H,103,124)(H,104,127)(H,105,125)(H,118,119)(H,120,121)/t56-,57+,59+,60+,65-,66-,67-,68-,69-,70-,71-,72+,73+,74-,80-/m0/s1. The van der Waals surface area contributed by atoms with Crippen molar-refractivity contribution in [3.63, 3.8) is 0 Å². The molecule has 0 radical (unpaired) electrons. The number of para-hydroxylation sites is 1. The second kappa shape index (κ2) is 51.3. The number of aldehydes is 1. The van der Waals surface area contributed by atoms with Gasteiger partial charge < -0.3 is 118 Å². The van der Waals surface area contributed by atoms with E-state index in [1.54, 1.807) is 112 Å². The highest BCUT2D eigenvalue weighted by molar-refractivity contribution is 8.00. The number of amides is 13. The molecule has 2 saturated heterocycles. The molecule has 43 heteroatoms. The summed E-state index contributed by atoms with van der Waals surface area (Å²) in [5.41, 5.74) is 13.6. The van der Waals surface area contributed by atoms with Crippen LogP contribution < -0.4 is 54.0 Å². The maximum Gasteiger partial charge on any atom is 0.305 e. The van der Waals surface area contributed by atoms with Gasteiger partial charge in [-0.1, -0.05) is 125 Å². The highest BCUT2D eigenvalue weighted by Crippen LogP contribution is 2.29. The number of unbranched alkanes of at least 4 members (excludes halogenated alkanes) is 1. The number of carboxylic acids is 2. The van der Waals surface area contributed by atoms with Gasteiger partial charge in [0.2, 0.25) is 76.8 Å². The van der Waals surface area contributed by atoms with Crippen LogP contribution in [-0.4, -0.2) is 318 Å². The molecule has 0 unspecified atom stereocenters. The Morgan fingerprint density at radius 3 is 1.68 bits per heavy atom. The number of aromatic amines is 1. The summed E-state index contributed by atoms with van der Waals surface area (Å²) in [4.78, 5) is 233. The van der Waals surface area contributed by atoms with Crippen molar-refractivity contribution in [2.45, 2.75) is 195 Å². The van der Waals surface area contributed by atoms with E-state index in [4.69, 9.17) is 16.2 Å². The van der Waals surface area contributed by atoms with Crippen LogP contribution in [-0.2, 0) is 114 Å². The van der Waals surface area contributed by atoms with Gasteiger partial charge in [-0.15, -0.1) is 11.8 Å². The summed E-state index contributed by atoms with van der Waals surface area (Å²) < 4.78 is 50.6. The van der Waals surface area contributed by atoms with Crippen molar-refractivity contribution in [2.75, 3.05) is 72.2 Å². The predicted molar refractivity (Wildman–Crippen MR) is 480 cm³/mol.